The average Bonchev–Trinajstić information content (AvgIpc) is 2.64. The maximum atomic E-state index is 5.17. The van der Waals surface area contributed by atoms with Crippen molar-refractivity contribution in [2.24, 2.45) is 0 Å². The molecule has 1 N–H and O–H groups in total. The van der Waals surface area contributed by atoms with Crippen LogP contribution >= 0.6 is 0 Å². The van der Waals surface area contributed by atoms with E-state index in [1.807, 2.05) is 26.0 Å². The van der Waals surface area contributed by atoms with Gasteiger partial charge in [0.1, 0.15) is 0 Å². The van der Waals surface area contributed by atoms with Crippen LogP contribution in [0.1, 0.15) is 25.7 Å². The van der Waals surface area contributed by atoms with Crippen LogP contribution in [0.25, 0.3) is 0 Å². The summed E-state index contributed by atoms with van der Waals surface area (Å²) in [5.41, 5.74) is 0. The first kappa shape index (κ1) is 11.0. The number of hydrogen-bond donors (Lipinski definition) is 1. The standard InChI is InChI=1S/C9H18N4O/c1-6(7(2)10-3)8-11-9(12-14-8)13(4)5/h6-7,10H,1-5H3. The molecule has 0 aliphatic heterocycles. The number of aromatic nitrogens is 2. The van der Waals surface area contributed by atoms with Crippen molar-refractivity contribution in [3.63, 3.8) is 0 Å². The summed E-state index contributed by atoms with van der Waals surface area (Å²) in [5, 5.41) is 7.03. The third-order valence-electron chi connectivity index (χ3n) is 2.43. The molecule has 0 saturated carbocycles. The van der Waals surface area contributed by atoms with Gasteiger partial charge in [0, 0.05) is 20.1 Å². The zero-order chi connectivity index (χ0) is 10.7. The molecule has 0 bridgehead atoms. The highest BCUT2D eigenvalue weighted by Crippen LogP contribution is 2.18. The molecule has 1 heterocycles. The summed E-state index contributed by atoms with van der Waals surface area (Å²) in [6, 6.07) is 0.325. The van der Waals surface area contributed by atoms with Crippen molar-refractivity contribution in [2.75, 3.05) is 26.0 Å². The molecule has 0 saturated heterocycles. The lowest BCUT2D eigenvalue weighted by Gasteiger charge is -2.14. The largest absolute Gasteiger partial charge is 0.344 e. The first-order valence-corrected chi connectivity index (χ1v) is 4.74. The van der Waals surface area contributed by atoms with Gasteiger partial charge >= 0.3 is 0 Å². The van der Waals surface area contributed by atoms with Gasteiger partial charge in [0.2, 0.25) is 5.89 Å². The predicted molar refractivity (Wildman–Crippen MR) is 55.6 cm³/mol. The predicted octanol–water partition coefficient (Wildman–Crippen LogP) is 0.847. The minimum Gasteiger partial charge on any atom is -0.344 e. The summed E-state index contributed by atoms with van der Waals surface area (Å²) >= 11 is 0. The summed E-state index contributed by atoms with van der Waals surface area (Å²) in [7, 11) is 5.70. The van der Waals surface area contributed by atoms with Crippen molar-refractivity contribution < 1.29 is 4.52 Å². The van der Waals surface area contributed by atoms with E-state index in [4.69, 9.17) is 4.52 Å². The summed E-state index contributed by atoms with van der Waals surface area (Å²) in [6.07, 6.45) is 0. The third kappa shape index (κ3) is 2.23. The van der Waals surface area contributed by atoms with E-state index in [9.17, 15) is 0 Å². The second kappa shape index (κ2) is 4.41. The summed E-state index contributed by atoms with van der Waals surface area (Å²) in [6.45, 7) is 4.15. The van der Waals surface area contributed by atoms with Gasteiger partial charge in [-0.05, 0) is 19.1 Å². The Labute approximate surface area is 84.5 Å². The Balaban J connectivity index is 2.76. The van der Waals surface area contributed by atoms with Gasteiger partial charge in [-0.3, -0.25) is 0 Å². The van der Waals surface area contributed by atoms with Crippen LogP contribution < -0.4 is 10.2 Å². The van der Waals surface area contributed by atoms with E-state index in [2.05, 4.69) is 29.3 Å². The maximum absolute atomic E-state index is 5.17. The molecule has 0 spiro atoms. The fraction of sp³-hybridized carbons (Fsp3) is 0.778. The molecule has 1 rings (SSSR count). The molecule has 0 aliphatic rings. The van der Waals surface area contributed by atoms with Gasteiger partial charge in [0.05, 0.1) is 5.92 Å². The molecule has 0 fully saturated rings. The fourth-order valence-electron chi connectivity index (χ4n) is 1.06. The zero-order valence-electron chi connectivity index (χ0n) is 9.40. The Morgan fingerprint density at radius 2 is 2.00 bits per heavy atom. The van der Waals surface area contributed by atoms with Crippen LogP contribution in [0.4, 0.5) is 5.95 Å². The number of rotatable bonds is 4. The van der Waals surface area contributed by atoms with Crippen LogP contribution in [0.2, 0.25) is 0 Å². The number of hydrogen-bond acceptors (Lipinski definition) is 5. The molecular weight excluding hydrogens is 180 g/mol. The average molecular weight is 198 g/mol. The normalized spacial score (nSPS) is 15.2. The van der Waals surface area contributed by atoms with Crippen molar-refractivity contribution >= 4 is 5.95 Å². The number of likely N-dealkylation sites (N-methyl/N-ethyl adjacent to an activating group) is 1. The first-order chi connectivity index (χ1) is 6.56. The monoisotopic (exact) mass is 198 g/mol. The topological polar surface area (TPSA) is 54.2 Å². The van der Waals surface area contributed by atoms with Crippen LogP contribution in [-0.2, 0) is 0 Å². The number of nitrogens with one attached hydrogen (secondary N) is 1. The molecule has 0 aromatic carbocycles. The van der Waals surface area contributed by atoms with Gasteiger partial charge in [0.25, 0.3) is 5.95 Å². The molecule has 1 aromatic rings. The van der Waals surface area contributed by atoms with Gasteiger partial charge in [-0.2, -0.15) is 4.98 Å². The van der Waals surface area contributed by atoms with Crippen LogP contribution in [0.5, 0.6) is 0 Å². The van der Waals surface area contributed by atoms with Crippen LogP contribution in [0, 0.1) is 0 Å². The molecule has 5 heteroatoms. The minimum absolute atomic E-state index is 0.223. The molecule has 1 aromatic heterocycles. The van der Waals surface area contributed by atoms with Crippen molar-refractivity contribution in [1.29, 1.82) is 0 Å². The quantitative estimate of drug-likeness (QED) is 0.777. The van der Waals surface area contributed by atoms with E-state index in [0.29, 0.717) is 17.9 Å². The second-order valence-corrected chi connectivity index (χ2v) is 3.69. The highest BCUT2D eigenvalue weighted by Gasteiger charge is 2.19. The highest BCUT2D eigenvalue weighted by molar-refractivity contribution is 5.24. The SMILES string of the molecule is CNC(C)C(C)c1nc(N(C)C)no1. The van der Waals surface area contributed by atoms with Gasteiger partial charge in [0.15, 0.2) is 0 Å². The van der Waals surface area contributed by atoms with Gasteiger partial charge in [-0.1, -0.05) is 6.92 Å². The molecule has 2 atom stereocenters. The van der Waals surface area contributed by atoms with Crippen LogP contribution in [0.3, 0.4) is 0 Å². The maximum Gasteiger partial charge on any atom is 0.265 e. The zero-order valence-corrected chi connectivity index (χ0v) is 9.40. The molecule has 2 unspecified atom stereocenters. The number of anilines is 1. The van der Waals surface area contributed by atoms with Crippen molar-refractivity contribution in [3.8, 4) is 0 Å². The van der Waals surface area contributed by atoms with Gasteiger partial charge in [-0.15, -0.1) is 0 Å². The lowest BCUT2D eigenvalue weighted by molar-refractivity contribution is 0.336. The second-order valence-electron chi connectivity index (χ2n) is 3.69. The van der Waals surface area contributed by atoms with Crippen molar-refractivity contribution in [1.82, 2.24) is 15.5 Å². The molecular formula is C9H18N4O. The lowest BCUT2D eigenvalue weighted by atomic mass is 10.0. The lowest BCUT2D eigenvalue weighted by Crippen LogP contribution is -2.27. The minimum atomic E-state index is 0.223. The van der Waals surface area contributed by atoms with Crippen molar-refractivity contribution in [3.05, 3.63) is 5.89 Å². The Hall–Kier alpha value is -1.10. The molecule has 0 radical (unpaired) electrons. The Kier molecular flexibility index (Phi) is 3.46. The number of nitrogens with zero attached hydrogens (tertiary/aromatic N) is 3. The van der Waals surface area contributed by atoms with Gasteiger partial charge in [-0.25, -0.2) is 0 Å². The van der Waals surface area contributed by atoms with Crippen molar-refractivity contribution in [2.45, 2.75) is 25.8 Å². The summed E-state index contributed by atoms with van der Waals surface area (Å²) < 4.78 is 5.17. The van der Waals surface area contributed by atoms with E-state index in [1.54, 1.807) is 0 Å². The van der Waals surface area contributed by atoms with E-state index < -0.39 is 0 Å². The highest BCUT2D eigenvalue weighted by atomic mass is 16.5. The molecule has 0 aliphatic carbocycles. The molecule has 14 heavy (non-hydrogen) atoms. The van der Waals surface area contributed by atoms with Crippen LogP contribution in [0.15, 0.2) is 4.52 Å². The molecule has 0 amide bonds. The van der Waals surface area contributed by atoms with E-state index in [-0.39, 0.29) is 5.92 Å². The third-order valence-corrected chi connectivity index (χ3v) is 2.43. The Bertz CT molecular complexity index is 284. The Morgan fingerprint density at radius 1 is 1.36 bits per heavy atom. The summed E-state index contributed by atoms with van der Waals surface area (Å²) in [4.78, 5) is 6.11. The smallest absolute Gasteiger partial charge is 0.265 e. The van der Waals surface area contributed by atoms with Crippen LogP contribution in [-0.4, -0.2) is 37.3 Å². The van der Waals surface area contributed by atoms with Gasteiger partial charge < -0.3 is 14.7 Å². The summed E-state index contributed by atoms with van der Waals surface area (Å²) in [5.74, 6) is 1.52. The van der Waals surface area contributed by atoms with E-state index >= 15 is 0 Å². The first-order valence-electron chi connectivity index (χ1n) is 4.74. The molecule has 5 nitrogen and oxygen atoms in total. The van der Waals surface area contributed by atoms with E-state index in [0.717, 1.165) is 0 Å². The Morgan fingerprint density at radius 3 is 2.43 bits per heavy atom. The fourth-order valence-corrected chi connectivity index (χ4v) is 1.06. The molecule has 80 valence electrons. The van der Waals surface area contributed by atoms with E-state index in [1.165, 1.54) is 0 Å².